The van der Waals surface area contributed by atoms with Crippen molar-refractivity contribution in [3.05, 3.63) is 224 Å². The highest BCUT2D eigenvalue weighted by Crippen LogP contribution is 2.51. The Morgan fingerprint density at radius 1 is 0.328 bits per heavy atom. The first kappa shape index (κ1) is 36.5. The zero-order chi connectivity index (χ0) is 42.5. The van der Waals surface area contributed by atoms with Crippen LogP contribution in [0.15, 0.2) is 213 Å². The minimum absolute atomic E-state index is 0.167. The van der Waals surface area contributed by atoms with Crippen molar-refractivity contribution in [2.75, 3.05) is 0 Å². The van der Waals surface area contributed by atoms with Gasteiger partial charge >= 0.3 is 0 Å². The Bertz CT molecular complexity index is 3840. The summed E-state index contributed by atoms with van der Waals surface area (Å²) in [5, 5.41) is 7.17. The Hall–Kier alpha value is -8.14. The minimum Gasteiger partial charge on any atom is -0.309 e. The van der Waals surface area contributed by atoms with Crippen molar-refractivity contribution in [3.63, 3.8) is 0 Å². The summed E-state index contributed by atoms with van der Waals surface area (Å²) in [4.78, 5) is 9.48. The molecule has 3 heteroatoms. The summed E-state index contributed by atoms with van der Waals surface area (Å²) in [6, 6.07) is 73.8. The molecule has 0 radical (unpaired) electrons. The van der Waals surface area contributed by atoms with Gasteiger partial charge in [-0.3, -0.25) is 9.97 Å². The molecule has 3 nitrogen and oxygen atoms in total. The zero-order valence-electron chi connectivity index (χ0n) is 35.5. The first-order valence-corrected chi connectivity index (χ1v) is 22.1. The van der Waals surface area contributed by atoms with E-state index in [1.807, 2.05) is 0 Å². The highest BCUT2D eigenvalue weighted by Gasteiger charge is 2.36. The van der Waals surface area contributed by atoms with E-state index in [0.29, 0.717) is 0 Å². The molecule has 2 heterocycles. The molecule has 0 fully saturated rings. The van der Waals surface area contributed by atoms with Crippen LogP contribution in [0.1, 0.15) is 25.0 Å². The summed E-state index contributed by atoms with van der Waals surface area (Å²) >= 11 is 0. The molecule has 1 aliphatic rings. The molecule has 2 aromatic heterocycles. The molecular formula is C61H41N3. The highest BCUT2D eigenvalue weighted by molar-refractivity contribution is 6.23. The average Bonchev–Trinajstić information content (AvgIpc) is 3.81. The Labute approximate surface area is 371 Å². The second-order valence-corrected chi connectivity index (χ2v) is 17.8. The summed E-state index contributed by atoms with van der Waals surface area (Å²) in [6.45, 7) is 4.77. The molecule has 0 saturated heterocycles. The average molecular weight is 816 g/mol. The summed E-state index contributed by atoms with van der Waals surface area (Å²) in [5.74, 6) is 0. The van der Waals surface area contributed by atoms with Crippen LogP contribution in [0.5, 0.6) is 0 Å². The summed E-state index contributed by atoms with van der Waals surface area (Å²) in [6.07, 6.45) is 3.57. The fraction of sp³-hybridized carbons (Fsp3) is 0.0492. The topological polar surface area (TPSA) is 30.7 Å². The van der Waals surface area contributed by atoms with Gasteiger partial charge in [-0.15, -0.1) is 0 Å². The quantitative estimate of drug-likeness (QED) is 0.162. The van der Waals surface area contributed by atoms with E-state index < -0.39 is 0 Å². The smallest absolute Gasteiger partial charge is 0.0971 e. The van der Waals surface area contributed by atoms with E-state index in [4.69, 9.17) is 9.97 Å². The van der Waals surface area contributed by atoms with E-state index in [9.17, 15) is 0 Å². The van der Waals surface area contributed by atoms with E-state index in [2.05, 4.69) is 219 Å². The van der Waals surface area contributed by atoms with E-state index in [1.165, 1.54) is 105 Å². The Morgan fingerprint density at radius 2 is 0.781 bits per heavy atom. The Morgan fingerprint density at radius 3 is 1.41 bits per heavy atom. The third-order valence-corrected chi connectivity index (χ3v) is 13.9. The van der Waals surface area contributed by atoms with Crippen molar-refractivity contribution in [1.82, 2.24) is 14.5 Å². The normalized spacial score (nSPS) is 13.0. The fourth-order valence-corrected chi connectivity index (χ4v) is 10.7. The second-order valence-electron chi connectivity index (χ2n) is 17.8. The van der Waals surface area contributed by atoms with Crippen LogP contribution in [-0.4, -0.2) is 14.5 Å². The number of nitrogens with zero attached hydrogens (tertiary/aromatic N) is 3. The van der Waals surface area contributed by atoms with Crippen LogP contribution < -0.4 is 0 Å². The van der Waals surface area contributed by atoms with E-state index in [0.717, 1.165) is 21.8 Å². The molecule has 0 unspecified atom stereocenters. The van der Waals surface area contributed by atoms with Gasteiger partial charge in [0.2, 0.25) is 0 Å². The fourth-order valence-electron chi connectivity index (χ4n) is 10.7. The van der Waals surface area contributed by atoms with Crippen LogP contribution in [0, 0.1) is 0 Å². The maximum Gasteiger partial charge on any atom is 0.0971 e. The first-order valence-electron chi connectivity index (χ1n) is 22.1. The van der Waals surface area contributed by atoms with Crippen LogP contribution in [0.25, 0.3) is 116 Å². The van der Waals surface area contributed by atoms with Crippen LogP contribution >= 0.6 is 0 Å². The molecule has 12 aromatic rings. The molecule has 13 rings (SSSR count). The number of aromatic nitrogens is 3. The van der Waals surface area contributed by atoms with Crippen molar-refractivity contribution in [2.45, 2.75) is 19.3 Å². The number of para-hydroxylation sites is 2. The van der Waals surface area contributed by atoms with Crippen LogP contribution in [0.4, 0.5) is 0 Å². The molecule has 0 saturated carbocycles. The van der Waals surface area contributed by atoms with Gasteiger partial charge < -0.3 is 4.57 Å². The largest absolute Gasteiger partial charge is 0.309 e. The molecule has 0 spiro atoms. The van der Waals surface area contributed by atoms with Gasteiger partial charge in [-0.25, -0.2) is 0 Å². The van der Waals surface area contributed by atoms with E-state index in [1.54, 1.807) is 12.4 Å². The maximum absolute atomic E-state index is 4.76. The third kappa shape index (κ3) is 5.54. The molecule has 1 aliphatic carbocycles. The van der Waals surface area contributed by atoms with Gasteiger partial charge in [-0.2, -0.15) is 0 Å². The van der Waals surface area contributed by atoms with Gasteiger partial charge in [0, 0.05) is 45.0 Å². The van der Waals surface area contributed by atoms with Gasteiger partial charge in [0.15, 0.2) is 0 Å². The van der Waals surface area contributed by atoms with Gasteiger partial charge in [-0.05, 0) is 138 Å². The third-order valence-electron chi connectivity index (χ3n) is 13.9. The molecule has 0 aliphatic heterocycles. The van der Waals surface area contributed by atoms with E-state index >= 15 is 0 Å². The highest BCUT2D eigenvalue weighted by atomic mass is 15.0. The lowest BCUT2D eigenvalue weighted by molar-refractivity contribution is 0.661. The summed E-state index contributed by atoms with van der Waals surface area (Å²) in [7, 11) is 0. The predicted molar refractivity (Wildman–Crippen MR) is 268 cm³/mol. The standard InChI is InChI=1S/C61H41N3/c1-61(2)55-36-44(22-26-48(55)49-27-23-45(37-56(49)61)43-25-29-58-54(35-43)50-19-8-9-21-57(50)64(58)46-16-4-3-5-17-46)41-15-11-13-39(33-41)38-12-10-14-40(32-38)42-24-28-52-53(34-42)47-18-6-7-20-51(47)59-60(52)63-31-30-62-59/h3-37H,1-2H3. The van der Waals surface area contributed by atoms with Crippen LogP contribution in [-0.2, 0) is 5.41 Å². The predicted octanol–water partition coefficient (Wildman–Crippen LogP) is 16.0. The maximum atomic E-state index is 4.76. The summed E-state index contributed by atoms with van der Waals surface area (Å²) in [5.41, 5.74) is 20.4. The van der Waals surface area contributed by atoms with Crippen LogP contribution in [0.3, 0.4) is 0 Å². The second kappa shape index (κ2) is 13.9. The molecule has 300 valence electrons. The van der Waals surface area contributed by atoms with Gasteiger partial charge in [0.05, 0.1) is 22.1 Å². The molecule has 0 N–H and O–H groups in total. The van der Waals surface area contributed by atoms with Crippen molar-refractivity contribution in [1.29, 1.82) is 0 Å². The minimum atomic E-state index is -0.167. The molecule has 0 amide bonds. The number of hydrogen-bond donors (Lipinski definition) is 0. The number of rotatable bonds is 5. The molecule has 0 atom stereocenters. The van der Waals surface area contributed by atoms with Crippen molar-refractivity contribution in [2.24, 2.45) is 0 Å². The lowest BCUT2D eigenvalue weighted by atomic mass is 9.80. The van der Waals surface area contributed by atoms with E-state index in [-0.39, 0.29) is 5.41 Å². The molecule has 64 heavy (non-hydrogen) atoms. The Balaban J connectivity index is 0.832. The molecule has 0 bridgehead atoms. The first-order chi connectivity index (χ1) is 31.5. The van der Waals surface area contributed by atoms with Crippen LogP contribution in [0.2, 0.25) is 0 Å². The van der Waals surface area contributed by atoms with Gasteiger partial charge in [-0.1, -0.05) is 153 Å². The zero-order valence-corrected chi connectivity index (χ0v) is 35.5. The Kier molecular flexibility index (Phi) is 7.95. The SMILES string of the molecule is CC1(C)c2cc(-c3cccc(-c4cccc(-c5ccc6c(c5)c5ccccc5c5nccnc65)c4)c3)ccc2-c2ccc(-c3ccc4c(c3)c3ccccc3n4-c3ccccc3)cc21. The lowest BCUT2D eigenvalue weighted by Crippen LogP contribution is -2.15. The molecular weight excluding hydrogens is 775 g/mol. The van der Waals surface area contributed by atoms with Gasteiger partial charge in [0.25, 0.3) is 0 Å². The van der Waals surface area contributed by atoms with Crippen molar-refractivity contribution in [3.8, 4) is 61.3 Å². The molecule has 10 aromatic carbocycles. The summed E-state index contributed by atoms with van der Waals surface area (Å²) < 4.78 is 2.38. The number of hydrogen-bond acceptors (Lipinski definition) is 2. The lowest BCUT2D eigenvalue weighted by Gasteiger charge is -2.23. The van der Waals surface area contributed by atoms with Crippen molar-refractivity contribution >= 4 is 54.4 Å². The van der Waals surface area contributed by atoms with Crippen molar-refractivity contribution < 1.29 is 0 Å². The number of benzene rings is 10. The monoisotopic (exact) mass is 815 g/mol. The number of fused-ring (bicyclic) bond motifs is 12. The van der Waals surface area contributed by atoms with Gasteiger partial charge in [0.1, 0.15) is 0 Å².